The molecular formula is C21H31N3O5S. The Kier molecular flexibility index (Phi) is 10.9. The Morgan fingerprint density at radius 3 is 2.67 bits per heavy atom. The molecule has 30 heavy (non-hydrogen) atoms. The number of fused-ring (bicyclic) bond motifs is 1. The van der Waals surface area contributed by atoms with Gasteiger partial charge in [-0.3, -0.25) is 14.2 Å². The number of nitrogens with one attached hydrogen (secondary N) is 1. The molecule has 0 aliphatic carbocycles. The minimum atomic E-state index is -0.389. The number of carbonyl (C=O) groups excluding carboxylic acids is 1. The van der Waals surface area contributed by atoms with Crippen molar-refractivity contribution in [3.05, 3.63) is 34.6 Å². The van der Waals surface area contributed by atoms with E-state index in [9.17, 15) is 9.59 Å². The highest BCUT2D eigenvalue weighted by Crippen LogP contribution is 2.18. The quantitative estimate of drug-likeness (QED) is 0.210. The SMILES string of the molecule is CCOC(CCn1c(SCC(=O)NCCCOC)nc2ccccc2c1=O)OCC. The molecule has 1 N–H and O–H groups in total. The van der Waals surface area contributed by atoms with Crippen molar-refractivity contribution in [3.63, 3.8) is 0 Å². The molecule has 0 radical (unpaired) electrons. The number of thioether (sulfide) groups is 1. The van der Waals surface area contributed by atoms with E-state index in [2.05, 4.69) is 10.3 Å². The Balaban J connectivity index is 2.16. The lowest BCUT2D eigenvalue weighted by molar-refractivity contribution is -0.141. The highest BCUT2D eigenvalue weighted by molar-refractivity contribution is 7.99. The van der Waals surface area contributed by atoms with Crippen LogP contribution in [0.1, 0.15) is 26.7 Å². The van der Waals surface area contributed by atoms with Crippen LogP contribution in [0.2, 0.25) is 0 Å². The predicted octanol–water partition coefficient (Wildman–Crippen LogP) is 2.43. The number of hydrogen-bond donors (Lipinski definition) is 1. The van der Waals surface area contributed by atoms with Crippen LogP contribution in [0.4, 0.5) is 0 Å². The van der Waals surface area contributed by atoms with Gasteiger partial charge < -0.3 is 19.5 Å². The van der Waals surface area contributed by atoms with E-state index in [0.717, 1.165) is 6.42 Å². The number of carbonyl (C=O) groups is 1. The monoisotopic (exact) mass is 437 g/mol. The van der Waals surface area contributed by atoms with Crippen molar-refractivity contribution in [2.45, 2.75) is 44.7 Å². The Bertz CT molecular complexity index is 852. The summed E-state index contributed by atoms with van der Waals surface area (Å²) in [5.74, 6) is 0.0737. The molecule has 9 heteroatoms. The normalized spacial score (nSPS) is 11.3. The molecule has 166 valence electrons. The van der Waals surface area contributed by atoms with E-state index in [0.29, 0.717) is 55.4 Å². The van der Waals surface area contributed by atoms with Crippen LogP contribution in [-0.2, 0) is 25.5 Å². The lowest BCUT2D eigenvalue weighted by Crippen LogP contribution is -2.29. The minimum Gasteiger partial charge on any atom is -0.385 e. The van der Waals surface area contributed by atoms with E-state index >= 15 is 0 Å². The molecule has 0 atom stereocenters. The second-order valence-electron chi connectivity index (χ2n) is 6.48. The molecule has 0 saturated heterocycles. The molecule has 2 aromatic rings. The lowest BCUT2D eigenvalue weighted by Gasteiger charge is -2.19. The van der Waals surface area contributed by atoms with Crippen LogP contribution in [0.25, 0.3) is 10.9 Å². The molecular weight excluding hydrogens is 406 g/mol. The molecule has 1 amide bonds. The van der Waals surface area contributed by atoms with Crippen molar-refractivity contribution < 1.29 is 19.0 Å². The van der Waals surface area contributed by atoms with Crippen LogP contribution in [0.5, 0.6) is 0 Å². The van der Waals surface area contributed by atoms with E-state index in [1.807, 2.05) is 26.0 Å². The Labute approximate surface area is 181 Å². The number of benzene rings is 1. The average molecular weight is 438 g/mol. The number of hydrogen-bond acceptors (Lipinski definition) is 7. The van der Waals surface area contributed by atoms with Crippen molar-refractivity contribution in [3.8, 4) is 0 Å². The molecule has 2 rings (SSSR count). The molecule has 0 aliphatic rings. The molecule has 0 aliphatic heterocycles. The van der Waals surface area contributed by atoms with E-state index < -0.39 is 0 Å². The fourth-order valence-corrected chi connectivity index (χ4v) is 3.76. The third-order valence-corrected chi connectivity index (χ3v) is 5.28. The first kappa shape index (κ1) is 24.3. The Morgan fingerprint density at radius 2 is 1.97 bits per heavy atom. The summed E-state index contributed by atoms with van der Waals surface area (Å²) in [6, 6.07) is 7.23. The van der Waals surface area contributed by atoms with Crippen LogP contribution in [-0.4, -0.2) is 61.0 Å². The molecule has 0 bridgehead atoms. The van der Waals surface area contributed by atoms with E-state index in [1.165, 1.54) is 11.8 Å². The van der Waals surface area contributed by atoms with Gasteiger partial charge in [0.2, 0.25) is 5.91 Å². The second-order valence-corrected chi connectivity index (χ2v) is 7.42. The number of ether oxygens (including phenoxy) is 3. The molecule has 0 unspecified atom stereocenters. The van der Waals surface area contributed by atoms with E-state index in [-0.39, 0.29) is 23.5 Å². The Morgan fingerprint density at radius 1 is 1.23 bits per heavy atom. The zero-order valence-corrected chi connectivity index (χ0v) is 18.7. The smallest absolute Gasteiger partial charge is 0.262 e. The number of amides is 1. The topological polar surface area (TPSA) is 91.7 Å². The zero-order chi connectivity index (χ0) is 21.8. The number of rotatable bonds is 14. The first-order valence-corrected chi connectivity index (χ1v) is 11.2. The molecule has 1 heterocycles. The van der Waals surface area contributed by atoms with E-state index in [1.54, 1.807) is 23.8 Å². The second kappa shape index (κ2) is 13.4. The zero-order valence-electron chi connectivity index (χ0n) is 17.9. The molecule has 0 spiro atoms. The summed E-state index contributed by atoms with van der Waals surface area (Å²) in [6.45, 7) is 6.40. The van der Waals surface area contributed by atoms with Crippen LogP contribution in [0, 0.1) is 0 Å². The summed E-state index contributed by atoms with van der Waals surface area (Å²) in [6.07, 6.45) is 0.876. The van der Waals surface area contributed by atoms with E-state index in [4.69, 9.17) is 14.2 Å². The maximum Gasteiger partial charge on any atom is 0.262 e. The third kappa shape index (κ3) is 7.39. The third-order valence-electron chi connectivity index (χ3n) is 4.30. The van der Waals surface area contributed by atoms with Gasteiger partial charge in [-0.1, -0.05) is 23.9 Å². The van der Waals surface area contributed by atoms with Gasteiger partial charge in [-0.2, -0.15) is 0 Å². The van der Waals surface area contributed by atoms with Crippen molar-refractivity contribution in [2.75, 3.05) is 39.2 Å². The first-order chi connectivity index (χ1) is 14.6. The van der Waals surface area contributed by atoms with Crippen molar-refractivity contribution in [1.82, 2.24) is 14.9 Å². The van der Waals surface area contributed by atoms with Gasteiger partial charge in [-0.05, 0) is 32.4 Å². The van der Waals surface area contributed by atoms with Gasteiger partial charge >= 0.3 is 0 Å². The van der Waals surface area contributed by atoms with Gasteiger partial charge in [0.05, 0.1) is 16.7 Å². The van der Waals surface area contributed by atoms with Gasteiger partial charge in [0.25, 0.3) is 5.56 Å². The van der Waals surface area contributed by atoms with Crippen molar-refractivity contribution in [1.29, 1.82) is 0 Å². The van der Waals surface area contributed by atoms with Gasteiger partial charge in [0.15, 0.2) is 11.4 Å². The number of methoxy groups -OCH3 is 1. The summed E-state index contributed by atoms with van der Waals surface area (Å²) >= 11 is 1.25. The summed E-state index contributed by atoms with van der Waals surface area (Å²) < 4.78 is 17.8. The van der Waals surface area contributed by atoms with Crippen LogP contribution < -0.4 is 10.9 Å². The molecule has 0 fully saturated rings. The fraction of sp³-hybridized carbons (Fsp3) is 0.571. The summed E-state index contributed by atoms with van der Waals surface area (Å²) in [5.41, 5.74) is 0.489. The van der Waals surface area contributed by atoms with Gasteiger partial charge in [0, 0.05) is 46.4 Å². The summed E-state index contributed by atoms with van der Waals surface area (Å²) in [5, 5.41) is 3.91. The summed E-state index contributed by atoms with van der Waals surface area (Å²) in [7, 11) is 1.63. The largest absolute Gasteiger partial charge is 0.385 e. The van der Waals surface area contributed by atoms with Crippen molar-refractivity contribution in [2.24, 2.45) is 0 Å². The Hall–Kier alpha value is -1.94. The molecule has 1 aromatic heterocycles. The van der Waals surface area contributed by atoms with Crippen LogP contribution >= 0.6 is 11.8 Å². The minimum absolute atomic E-state index is 0.105. The predicted molar refractivity (Wildman–Crippen MR) is 118 cm³/mol. The maximum absolute atomic E-state index is 13.1. The van der Waals surface area contributed by atoms with Gasteiger partial charge in [0.1, 0.15) is 0 Å². The fourth-order valence-electron chi connectivity index (χ4n) is 2.90. The van der Waals surface area contributed by atoms with Gasteiger partial charge in [-0.25, -0.2) is 4.98 Å². The van der Waals surface area contributed by atoms with Gasteiger partial charge in [-0.15, -0.1) is 0 Å². The standard InChI is InChI=1S/C21H31N3O5S/c1-4-28-19(29-5-2)11-13-24-20(26)16-9-6-7-10-17(16)23-21(24)30-15-18(25)22-12-8-14-27-3/h6-7,9-10,19H,4-5,8,11-15H2,1-3H3,(H,22,25). The average Bonchev–Trinajstić information content (AvgIpc) is 2.75. The number of para-hydroxylation sites is 1. The molecule has 8 nitrogen and oxygen atoms in total. The highest BCUT2D eigenvalue weighted by Gasteiger charge is 2.15. The number of aromatic nitrogens is 2. The maximum atomic E-state index is 13.1. The molecule has 0 saturated carbocycles. The summed E-state index contributed by atoms with van der Waals surface area (Å²) in [4.78, 5) is 29.9. The number of nitrogens with zero attached hydrogens (tertiary/aromatic N) is 2. The molecule has 1 aromatic carbocycles. The van der Waals surface area contributed by atoms with Crippen LogP contribution in [0.15, 0.2) is 34.2 Å². The first-order valence-electron chi connectivity index (χ1n) is 10.2. The van der Waals surface area contributed by atoms with Crippen LogP contribution in [0.3, 0.4) is 0 Å². The van der Waals surface area contributed by atoms with Crippen molar-refractivity contribution >= 4 is 28.6 Å². The lowest BCUT2D eigenvalue weighted by atomic mass is 10.2. The highest BCUT2D eigenvalue weighted by atomic mass is 32.2.